The molecule has 0 radical (unpaired) electrons. The molecule has 1 N–H and O–H groups in total. The van der Waals surface area contributed by atoms with Crippen molar-refractivity contribution in [3.05, 3.63) is 36.2 Å². The first-order valence-corrected chi connectivity index (χ1v) is 7.36. The highest BCUT2D eigenvalue weighted by molar-refractivity contribution is 5.92. The average Bonchev–Trinajstić information content (AvgIpc) is 2.55. The standard InChI is InChI=1S/C16H20N2O4/c19-15(5-4-13-3-1-2-9-17-13)18(10-6-16(20)21)14-7-11-22-12-8-14/h1-5,9,14H,6-8,10-12H2,(H,20,21)/b5-4+. The predicted molar refractivity (Wildman–Crippen MR) is 81.1 cm³/mol. The second-order valence-electron chi connectivity index (χ2n) is 5.11. The van der Waals surface area contributed by atoms with E-state index in [2.05, 4.69) is 4.98 Å². The van der Waals surface area contributed by atoms with Crippen molar-refractivity contribution in [2.75, 3.05) is 19.8 Å². The number of hydrogen-bond acceptors (Lipinski definition) is 4. The Balaban J connectivity index is 2.03. The summed E-state index contributed by atoms with van der Waals surface area (Å²) in [4.78, 5) is 29.0. The van der Waals surface area contributed by atoms with Crippen LogP contribution < -0.4 is 0 Å². The first-order chi connectivity index (χ1) is 10.7. The molecule has 1 saturated heterocycles. The number of aromatic nitrogens is 1. The number of nitrogens with zero attached hydrogens (tertiary/aromatic N) is 2. The van der Waals surface area contributed by atoms with E-state index in [1.807, 2.05) is 6.07 Å². The highest BCUT2D eigenvalue weighted by atomic mass is 16.5. The Hall–Kier alpha value is -2.21. The van der Waals surface area contributed by atoms with Crippen molar-refractivity contribution in [1.29, 1.82) is 0 Å². The van der Waals surface area contributed by atoms with Crippen LogP contribution in [0.4, 0.5) is 0 Å². The lowest BCUT2D eigenvalue weighted by atomic mass is 10.1. The van der Waals surface area contributed by atoms with Gasteiger partial charge in [-0.2, -0.15) is 0 Å². The van der Waals surface area contributed by atoms with Crippen LogP contribution in [-0.2, 0) is 14.3 Å². The number of amides is 1. The van der Waals surface area contributed by atoms with E-state index in [9.17, 15) is 9.59 Å². The lowest BCUT2D eigenvalue weighted by Crippen LogP contribution is -2.43. The Morgan fingerprint density at radius 1 is 1.36 bits per heavy atom. The maximum absolute atomic E-state index is 12.4. The van der Waals surface area contributed by atoms with Crippen molar-refractivity contribution in [1.82, 2.24) is 9.88 Å². The molecule has 1 aliphatic heterocycles. The van der Waals surface area contributed by atoms with Crippen LogP contribution in [0.15, 0.2) is 30.5 Å². The largest absolute Gasteiger partial charge is 0.481 e. The highest BCUT2D eigenvalue weighted by Crippen LogP contribution is 2.16. The molecule has 22 heavy (non-hydrogen) atoms. The van der Waals surface area contributed by atoms with Gasteiger partial charge in [0.15, 0.2) is 0 Å². The normalized spacial score (nSPS) is 15.8. The van der Waals surface area contributed by atoms with Crippen LogP contribution in [0, 0.1) is 0 Å². The fourth-order valence-corrected chi connectivity index (χ4v) is 2.41. The maximum Gasteiger partial charge on any atom is 0.305 e. The van der Waals surface area contributed by atoms with E-state index >= 15 is 0 Å². The van der Waals surface area contributed by atoms with Gasteiger partial charge in [0, 0.05) is 38.1 Å². The van der Waals surface area contributed by atoms with Gasteiger partial charge in [-0.25, -0.2) is 0 Å². The van der Waals surface area contributed by atoms with Gasteiger partial charge in [0.2, 0.25) is 5.91 Å². The maximum atomic E-state index is 12.4. The Bertz CT molecular complexity index is 524. The van der Waals surface area contributed by atoms with Crippen LogP contribution in [0.3, 0.4) is 0 Å². The fraction of sp³-hybridized carbons (Fsp3) is 0.438. The molecule has 0 spiro atoms. The van der Waals surface area contributed by atoms with E-state index < -0.39 is 5.97 Å². The molecule has 6 nitrogen and oxygen atoms in total. The summed E-state index contributed by atoms with van der Waals surface area (Å²) in [5, 5.41) is 8.86. The van der Waals surface area contributed by atoms with Crippen LogP contribution in [0.1, 0.15) is 25.0 Å². The zero-order chi connectivity index (χ0) is 15.8. The highest BCUT2D eigenvalue weighted by Gasteiger charge is 2.24. The number of rotatable bonds is 6. The molecule has 1 aromatic rings. The SMILES string of the molecule is O=C(O)CCN(C(=O)/C=C/c1ccccn1)C1CCOCC1. The Morgan fingerprint density at radius 3 is 2.77 bits per heavy atom. The predicted octanol–water partition coefficient (Wildman–Crippen LogP) is 1.58. The summed E-state index contributed by atoms with van der Waals surface area (Å²) < 4.78 is 5.30. The number of carboxylic acid groups (broad SMARTS) is 1. The molecule has 2 heterocycles. The average molecular weight is 304 g/mol. The van der Waals surface area contributed by atoms with Crippen molar-refractivity contribution < 1.29 is 19.4 Å². The van der Waals surface area contributed by atoms with E-state index in [1.165, 1.54) is 6.08 Å². The van der Waals surface area contributed by atoms with Crippen LogP contribution >= 0.6 is 0 Å². The summed E-state index contributed by atoms with van der Waals surface area (Å²) in [6.07, 6.45) is 6.19. The van der Waals surface area contributed by atoms with Gasteiger partial charge in [0.05, 0.1) is 12.1 Å². The number of aliphatic carboxylic acids is 1. The Morgan fingerprint density at radius 2 is 2.14 bits per heavy atom. The van der Waals surface area contributed by atoms with Crippen LogP contribution in [0.5, 0.6) is 0 Å². The number of ether oxygens (including phenoxy) is 1. The van der Waals surface area contributed by atoms with E-state index in [4.69, 9.17) is 9.84 Å². The minimum atomic E-state index is -0.904. The van der Waals surface area contributed by atoms with Crippen molar-refractivity contribution >= 4 is 18.0 Å². The molecule has 0 aliphatic carbocycles. The first kappa shape index (κ1) is 16.2. The van der Waals surface area contributed by atoms with Crippen molar-refractivity contribution in [3.63, 3.8) is 0 Å². The summed E-state index contributed by atoms with van der Waals surface area (Å²) in [6.45, 7) is 1.42. The monoisotopic (exact) mass is 304 g/mol. The van der Waals surface area contributed by atoms with Gasteiger partial charge < -0.3 is 14.7 Å². The molecule has 0 bridgehead atoms. The number of carboxylic acids is 1. The van der Waals surface area contributed by atoms with Gasteiger partial charge >= 0.3 is 5.97 Å². The molecule has 6 heteroatoms. The molecule has 0 saturated carbocycles. The molecule has 1 amide bonds. The number of carbonyl (C=O) groups excluding carboxylic acids is 1. The molecule has 1 aromatic heterocycles. The zero-order valence-corrected chi connectivity index (χ0v) is 12.4. The third-order valence-corrected chi connectivity index (χ3v) is 3.57. The Kier molecular flexibility index (Phi) is 6.09. The number of hydrogen-bond donors (Lipinski definition) is 1. The number of pyridine rings is 1. The van der Waals surface area contributed by atoms with Gasteiger partial charge in [-0.3, -0.25) is 14.6 Å². The van der Waals surface area contributed by atoms with Crippen LogP contribution in [0.25, 0.3) is 6.08 Å². The third kappa shape index (κ3) is 4.96. The van der Waals surface area contributed by atoms with Crippen LogP contribution in [0.2, 0.25) is 0 Å². The van der Waals surface area contributed by atoms with Gasteiger partial charge in [0.1, 0.15) is 0 Å². The van der Waals surface area contributed by atoms with E-state index in [0.29, 0.717) is 18.9 Å². The quantitative estimate of drug-likeness (QED) is 0.807. The molecular weight excluding hydrogens is 284 g/mol. The molecule has 0 unspecified atom stereocenters. The number of carbonyl (C=O) groups is 2. The summed E-state index contributed by atoms with van der Waals surface area (Å²) in [5.74, 6) is -1.09. The zero-order valence-electron chi connectivity index (χ0n) is 12.4. The molecule has 1 fully saturated rings. The fourth-order valence-electron chi connectivity index (χ4n) is 2.41. The van der Waals surface area contributed by atoms with Gasteiger partial charge in [-0.05, 0) is 31.1 Å². The summed E-state index contributed by atoms with van der Waals surface area (Å²) in [7, 11) is 0. The third-order valence-electron chi connectivity index (χ3n) is 3.57. The van der Waals surface area contributed by atoms with E-state index in [1.54, 1.807) is 29.3 Å². The topological polar surface area (TPSA) is 79.7 Å². The van der Waals surface area contributed by atoms with E-state index in [-0.39, 0.29) is 24.9 Å². The lowest BCUT2D eigenvalue weighted by molar-refractivity contribution is -0.138. The molecule has 0 aromatic carbocycles. The van der Waals surface area contributed by atoms with E-state index in [0.717, 1.165) is 12.8 Å². The molecule has 0 atom stereocenters. The summed E-state index contributed by atoms with van der Waals surface area (Å²) in [5.41, 5.74) is 0.695. The van der Waals surface area contributed by atoms with Crippen molar-refractivity contribution in [3.8, 4) is 0 Å². The second-order valence-corrected chi connectivity index (χ2v) is 5.11. The molecular formula is C16H20N2O4. The van der Waals surface area contributed by atoms with Crippen LogP contribution in [-0.4, -0.2) is 52.7 Å². The molecule has 118 valence electrons. The summed E-state index contributed by atoms with van der Waals surface area (Å²) >= 11 is 0. The van der Waals surface area contributed by atoms with Crippen molar-refractivity contribution in [2.45, 2.75) is 25.3 Å². The lowest BCUT2D eigenvalue weighted by Gasteiger charge is -2.33. The van der Waals surface area contributed by atoms with Crippen molar-refractivity contribution in [2.24, 2.45) is 0 Å². The van der Waals surface area contributed by atoms with Gasteiger partial charge in [-0.15, -0.1) is 0 Å². The molecule has 1 aliphatic rings. The molecule has 2 rings (SSSR count). The Labute approximate surface area is 129 Å². The first-order valence-electron chi connectivity index (χ1n) is 7.36. The minimum absolute atomic E-state index is 0.0361. The van der Waals surface area contributed by atoms with Gasteiger partial charge in [0.25, 0.3) is 0 Å². The van der Waals surface area contributed by atoms with Gasteiger partial charge in [-0.1, -0.05) is 6.07 Å². The summed E-state index contributed by atoms with van der Waals surface area (Å²) in [6, 6.07) is 5.49. The minimum Gasteiger partial charge on any atom is -0.481 e. The smallest absolute Gasteiger partial charge is 0.305 e. The second kappa shape index (κ2) is 8.29.